The Labute approximate surface area is 90.1 Å². The van der Waals surface area contributed by atoms with Crippen LogP contribution in [0.2, 0.25) is 0 Å². The number of halogens is 3. The van der Waals surface area contributed by atoms with Gasteiger partial charge in [0.15, 0.2) is 11.6 Å². The maximum Gasteiger partial charge on any atom is 0.150 e. The van der Waals surface area contributed by atoms with Gasteiger partial charge in [0.2, 0.25) is 0 Å². The van der Waals surface area contributed by atoms with Crippen molar-refractivity contribution in [2.75, 3.05) is 0 Å². The molecule has 2 aromatic rings. The molecule has 0 amide bonds. The van der Waals surface area contributed by atoms with Crippen LogP contribution in [-0.2, 0) is 5.88 Å². The molecular formula is C10H7ClF2N2. The monoisotopic (exact) mass is 228 g/mol. The van der Waals surface area contributed by atoms with E-state index in [-0.39, 0.29) is 11.6 Å². The predicted molar refractivity (Wildman–Crippen MR) is 53.0 cm³/mol. The third-order valence-corrected chi connectivity index (χ3v) is 2.30. The normalized spacial score (nSPS) is 10.6. The van der Waals surface area contributed by atoms with Crippen LogP contribution in [0.5, 0.6) is 0 Å². The van der Waals surface area contributed by atoms with E-state index in [1.54, 1.807) is 0 Å². The van der Waals surface area contributed by atoms with Gasteiger partial charge in [0.05, 0.1) is 6.33 Å². The molecule has 0 aliphatic heterocycles. The number of hydrogen-bond donors (Lipinski definition) is 0. The first kappa shape index (κ1) is 10.1. The van der Waals surface area contributed by atoms with Gasteiger partial charge in [0.25, 0.3) is 0 Å². The lowest BCUT2D eigenvalue weighted by Gasteiger charge is -2.06. The molecule has 1 aromatic carbocycles. The summed E-state index contributed by atoms with van der Waals surface area (Å²) >= 11 is 5.50. The summed E-state index contributed by atoms with van der Waals surface area (Å²) in [6, 6.07) is 2.43. The van der Waals surface area contributed by atoms with Crippen LogP contribution in [0.4, 0.5) is 8.78 Å². The van der Waals surface area contributed by atoms with Gasteiger partial charge in [-0.1, -0.05) is 0 Å². The fraction of sp³-hybridized carbons (Fsp3) is 0.100. The van der Waals surface area contributed by atoms with Crippen LogP contribution in [0.1, 0.15) is 5.56 Å². The Bertz CT molecular complexity index is 445. The number of aromatic nitrogens is 2. The average molecular weight is 229 g/mol. The fourth-order valence-electron chi connectivity index (χ4n) is 1.33. The second-order valence-corrected chi connectivity index (χ2v) is 3.28. The van der Waals surface area contributed by atoms with Gasteiger partial charge in [-0.2, -0.15) is 0 Å². The molecule has 1 aromatic heterocycles. The smallest absolute Gasteiger partial charge is 0.150 e. The minimum atomic E-state index is -0.649. The molecule has 2 rings (SSSR count). The first-order valence-corrected chi connectivity index (χ1v) is 4.78. The minimum absolute atomic E-state index is 0.0814. The molecule has 0 radical (unpaired) electrons. The Morgan fingerprint density at radius 2 is 1.93 bits per heavy atom. The molecule has 78 valence electrons. The molecule has 0 aliphatic carbocycles. The molecule has 0 saturated heterocycles. The van der Waals surface area contributed by atoms with E-state index in [0.717, 1.165) is 0 Å². The van der Waals surface area contributed by atoms with Crippen LogP contribution in [0, 0.1) is 11.6 Å². The van der Waals surface area contributed by atoms with E-state index >= 15 is 0 Å². The molecule has 5 heteroatoms. The highest BCUT2D eigenvalue weighted by molar-refractivity contribution is 6.17. The summed E-state index contributed by atoms with van der Waals surface area (Å²) in [6.45, 7) is 0. The summed E-state index contributed by atoms with van der Waals surface area (Å²) in [5, 5.41) is 0. The van der Waals surface area contributed by atoms with Crippen LogP contribution >= 0.6 is 11.6 Å². The number of imidazole rings is 1. The largest absolute Gasteiger partial charge is 0.301 e. The maximum absolute atomic E-state index is 13.5. The van der Waals surface area contributed by atoms with E-state index in [0.29, 0.717) is 5.56 Å². The van der Waals surface area contributed by atoms with Crippen molar-refractivity contribution in [1.29, 1.82) is 0 Å². The second kappa shape index (κ2) is 3.98. The Balaban J connectivity index is 2.58. The van der Waals surface area contributed by atoms with Crippen LogP contribution in [0.15, 0.2) is 30.9 Å². The number of alkyl halides is 1. The first-order valence-electron chi connectivity index (χ1n) is 4.24. The summed E-state index contributed by atoms with van der Waals surface area (Å²) in [6.07, 6.45) is 4.26. The van der Waals surface area contributed by atoms with Crippen molar-refractivity contribution < 1.29 is 8.78 Å². The molecular weight excluding hydrogens is 222 g/mol. The molecule has 0 bridgehead atoms. The Morgan fingerprint density at radius 3 is 2.40 bits per heavy atom. The first-order chi connectivity index (χ1) is 7.22. The lowest BCUT2D eigenvalue weighted by atomic mass is 10.2. The van der Waals surface area contributed by atoms with Crippen LogP contribution in [0.3, 0.4) is 0 Å². The Morgan fingerprint density at radius 1 is 1.27 bits per heavy atom. The summed E-state index contributed by atoms with van der Waals surface area (Å²) in [4.78, 5) is 3.73. The summed E-state index contributed by atoms with van der Waals surface area (Å²) in [7, 11) is 0. The maximum atomic E-state index is 13.5. The third kappa shape index (κ3) is 1.85. The van der Waals surface area contributed by atoms with E-state index in [2.05, 4.69) is 4.98 Å². The highest BCUT2D eigenvalue weighted by Crippen LogP contribution is 2.20. The number of hydrogen-bond acceptors (Lipinski definition) is 1. The van der Waals surface area contributed by atoms with Gasteiger partial charge in [0.1, 0.15) is 5.69 Å². The van der Waals surface area contributed by atoms with Gasteiger partial charge in [-0.3, -0.25) is 0 Å². The third-order valence-electron chi connectivity index (χ3n) is 1.99. The predicted octanol–water partition coefficient (Wildman–Crippen LogP) is 2.89. The van der Waals surface area contributed by atoms with Gasteiger partial charge in [-0.15, -0.1) is 11.6 Å². The molecule has 0 atom stereocenters. The van der Waals surface area contributed by atoms with Crippen molar-refractivity contribution in [3.05, 3.63) is 48.1 Å². The van der Waals surface area contributed by atoms with Crippen molar-refractivity contribution in [1.82, 2.24) is 9.55 Å². The zero-order chi connectivity index (χ0) is 10.8. The highest BCUT2D eigenvalue weighted by Gasteiger charge is 2.12. The standard InChI is InChI=1S/C10H7ClF2N2/c11-5-7-3-8(12)10(9(13)4-7)15-2-1-14-6-15/h1-4,6H,5H2. The molecule has 0 N–H and O–H groups in total. The SMILES string of the molecule is Fc1cc(CCl)cc(F)c1-n1ccnc1. The summed E-state index contributed by atoms with van der Waals surface area (Å²) < 4.78 is 28.3. The molecule has 15 heavy (non-hydrogen) atoms. The van der Waals surface area contributed by atoms with Gasteiger partial charge < -0.3 is 4.57 Å². The summed E-state index contributed by atoms with van der Waals surface area (Å²) in [5.41, 5.74) is 0.275. The minimum Gasteiger partial charge on any atom is -0.301 e. The van der Waals surface area contributed by atoms with Crippen LogP contribution in [-0.4, -0.2) is 9.55 Å². The van der Waals surface area contributed by atoms with Gasteiger partial charge in [-0.25, -0.2) is 13.8 Å². The van der Waals surface area contributed by atoms with E-state index in [1.165, 1.54) is 35.4 Å². The van der Waals surface area contributed by atoms with Crippen molar-refractivity contribution >= 4 is 11.6 Å². The van der Waals surface area contributed by atoms with Crippen molar-refractivity contribution in [2.45, 2.75) is 5.88 Å². The molecule has 0 spiro atoms. The molecule has 0 saturated carbocycles. The molecule has 2 nitrogen and oxygen atoms in total. The van der Waals surface area contributed by atoms with E-state index in [4.69, 9.17) is 11.6 Å². The zero-order valence-corrected chi connectivity index (χ0v) is 8.38. The number of rotatable bonds is 2. The van der Waals surface area contributed by atoms with E-state index in [9.17, 15) is 8.78 Å². The van der Waals surface area contributed by atoms with E-state index in [1.807, 2.05) is 0 Å². The Hall–Kier alpha value is -1.42. The molecule has 0 aliphatic rings. The van der Waals surface area contributed by atoms with Gasteiger partial charge >= 0.3 is 0 Å². The zero-order valence-electron chi connectivity index (χ0n) is 7.62. The van der Waals surface area contributed by atoms with Gasteiger partial charge in [-0.05, 0) is 17.7 Å². The Kier molecular flexibility index (Phi) is 2.68. The molecule has 0 fully saturated rings. The number of nitrogens with zero attached hydrogens (tertiary/aromatic N) is 2. The molecule has 1 heterocycles. The fourth-order valence-corrected chi connectivity index (χ4v) is 1.49. The van der Waals surface area contributed by atoms with Crippen LogP contribution < -0.4 is 0 Å². The molecule has 0 unspecified atom stereocenters. The van der Waals surface area contributed by atoms with Crippen molar-refractivity contribution in [3.8, 4) is 5.69 Å². The number of benzene rings is 1. The average Bonchev–Trinajstić information content (AvgIpc) is 2.69. The van der Waals surface area contributed by atoms with Crippen LogP contribution in [0.25, 0.3) is 5.69 Å². The highest BCUT2D eigenvalue weighted by atomic mass is 35.5. The quantitative estimate of drug-likeness (QED) is 0.723. The lowest BCUT2D eigenvalue weighted by molar-refractivity contribution is 0.567. The second-order valence-electron chi connectivity index (χ2n) is 3.01. The van der Waals surface area contributed by atoms with Crippen molar-refractivity contribution in [2.24, 2.45) is 0 Å². The lowest BCUT2D eigenvalue weighted by Crippen LogP contribution is -2.00. The van der Waals surface area contributed by atoms with E-state index < -0.39 is 11.6 Å². The topological polar surface area (TPSA) is 17.8 Å². The summed E-state index contributed by atoms with van der Waals surface area (Å²) in [5.74, 6) is -1.22. The van der Waals surface area contributed by atoms with Gasteiger partial charge in [0, 0.05) is 18.3 Å². The van der Waals surface area contributed by atoms with Crippen molar-refractivity contribution in [3.63, 3.8) is 0 Å².